The molecule has 2 heterocycles. The molecule has 2 aromatic rings. The van der Waals surface area contributed by atoms with Gasteiger partial charge in [-0.25, -0.2) is 0 Å². The van der Waals surface area contributed by atoms with Crippen LogP contribution in [0.2, 0.25) is 0 Å². The molecular formula is C15H17BrOS2. The molecule has 1 nitrogen and oxygen atoms in total. The van der Waals surface area contributed by atoms with Crippen molar-refractivity contribution < 1.29 is 5.11 Å². The standard InChI is InChI=1S/C15H17BrOS2/c16-15-7-6-11(18-15)9-12(17)14-8-10-4-2-1-3-5-13(10)19-14/h6-8,12,17H,1-5,9H2. The van der Waals surface area contributed by atoms with Gasteiger partial charge < -0.3 is 5.11 Å². The zero-order chi connectivity index (χ0) is 13.2. The first-order chi connectivity index (χ1) is 9.22. The van der Waals surface area contributed by atoms with Crippen molar-refractivity contribution in [2.45, 2.75) is 44.6 Å². The van der Waals surface area contributed by atoms with E-state index in [4.69, 9.17) is 0 Å². The summed E-state index contributed by atoms with van der Waals surface area (Å²) in [6.07, 6.45) is 6.75. The van der Waals surface area contributed by atoms with E-state index in [-0.39, 0.29) is 6.10 Å². The Hall–Kier alpha value is -0.160. The Morgan fingerprint density at radius 2 is 2.00 bits per heavy atom. The van der Waals surface area contributed by atoms with E-state index in [0.717, 1.165) is 15.1 Å². The number of aryl methyl sites for hydroxylation is 2. The molecule has 2 aromatic heterocycles. The molecule has 19 heavy (non-hydrogen) atoms. The van der Waals surface area contributed by atoms with Crippen molar-refractivity contribution in [1.82, 2.24) is 0 Å². The van der Waals surface area contributed by atoms with E-state index in [0.29, 0.717) is 0 Å². The summed E-state index contributed by atoms with van der Waals surface area (Å²) in [6, 6.07) is 6.39. The predicted molar refractivity (Wildman–Crippen MR) is 86.3 cm³/mol. The molecular weight excluding hydrogens is 340 g/mol. The molecule has 102 valence electrons. The minimum Gasteiger partial charge on any atom is -0.387 e. The first-order valence-electron chi connectivity index (χ1n) is 6.76. The van der Waals surface area contributed by atoms with Gasteiger partial charge in [-0.1, -0.05) is 6.42 Å². The highest BCUT2D eigenvalue weighted by atomic mass is 79.9. The lowest BCUT2D eigenvalue weighted by Crippen LogP contribution is -1.97. The lowest BCUT2D eigenvalue weighted by atomic mass is 10.1. The number of rotatable bonds is 3. The van der Waals surface area contributed by atoms with Crippen molar-refractivity contribution in [3.63, 3.8) is 0 Å². The van der Waals surface area contributed by atoms with Crippen molar-refractivity contribution in [1.29, 1.82) is 0 Å². The van der Waals surface area contributed by atoms with Gasteiger partial charge in [0.05, 0.1) is 9.89 Å². The Labute approximate surface area is 130 Å². The molecule has 4 heteroatoms. The van der Waals surface area contributed by atoms with Crippen molar-refractivity contribution >= 4 is 38.6 Å². The van der Waals surface area contributed by atoms with Gasteiger partial charge >= 0.3 is 0 Å². The van der Waals surface area contributed by atoms with E-state index in [1.54, 1.807) is 11.3 Å². The predicted octanol–water partition coefficient (Wildman–Crippen LogP) is 5.12. The summed E-state index contributed by atoms with van der Waals surface area (Å²) >= 11 is 7.01. The zero-order valence-electron chi connectivity index (χ0n) is 10.7. The van der Waals surface area contributed by atoms with Gasteiger partial charge in [-0.2, -0.15) is 0 Å². The highest BCUT2D eigenvalue weighted by Gasteiger charge is 2.17. The van der Waals surface area contributed by atoms with Crippen LogP contribution in [0.5, 0.6) is 0 Å². The van der Waals surface area contributed by atoms with Crippen molar-refractivity contribution in [2.75, 3.05) is 0 Å². The summed E-state index contributed by atoms with van der Waals surface area (Å²) in [5.74, 6) is 0. The largest absolute Gasteiger partial charge is 0.387 e. The summed E-state index contributed by atoms with van der Waals surface area (Å²) in [7, 11) is 0. The SMILES string of the molecule is OC(Cc1ccc(Br)s1)c1cc2c(s1)CCCCC2. The van der Waals surface area contributed by atoms with Crippen molar-refractivity contribution in [3.05, 3.63) is 42.2 Å². The van der Waals surface area contributed by atoms with Crippen LogP contribution < -0.4 is 0 Å². The zero-order valence-corrected chi connectivity index (χ0v) is 13.9. The molecule has 0 saturated carbocycles. The van der Waals surface area contributed by atoms with E-state index in [1.807, 2.05) is 11.3 Å². The molecule has 1 atom stereocenters. The second kappa shape index (κ2) is 6.08. The van der Waals surface area contributed by atoms with Gasteiger partial charge in [-0.15, -0.1) is 22.7 Å². The first-order valence-corrected chi connectivity index (χ1v) is 9.19. The Kier molecular flexibility index (Phi) is 4.42. The number of hydrogen-bond donors (Lipinski definition) is 1. The van der Waals surface area contributed by atoms with Crippen molar-refractivity contribution in [3.8, 4) is 0 Å². The minimum atomic E-state index is -0.345. The maximum Gasteiger partial charge on any atom is 0.0930 e. The molecule has 3 rings (SSSR count). The molecule has 1 unspecified atom stereocenters. The summed E-state index contributed by atoms with van der Waals surface area (Å²) in [4.78, 5) is 3.90. The van der Waals surface area contributed by atoms with E-state index in [9.17, 15) is 5.11 Å². The summed E-state index contributed by atoms with van der Waals surface area (Å²) in [6.45, 7) is 0. The molecule has 1 N–H and O–H groups in total. The molecule has 0 aliphatic heterocycles. The summed E-state index contributed by atoms with van der Waals surface area (Å²) in [5, 5.41) is 10.4. The average molecular weight is 357 g/mol. The Bertz CT molecular complexity index is 535. The molecule has 1 aliphatic carbocycles. The van der Waals surface area contributed by atoms with Gasteiger partial charge in [0.2, 0.25) is 0 Å². The third kappa shape index (κ3) is 3.30. The summed E-state index contributed by atoms with van der Waals surface area (Å²) in [5.41, 5.74) is 1.49. The van der Waals surface area contributed by atoms with E-state index in [1.165, 1.54) is 47.4 Å². The van der Waals surface area contributed by atoms with Crippen LogP contribution in [0.1, 0.15) is 45.6 Å². The van der Waals surface area contributed by atoms with Crippen molar-refractivity contribution in [2.24, 2.45) is 0 Å². The number of fused-ring (bicyclic) bond motifs is 1. The average Bonchev–Trinajstić information content (AvgIpc) is 2.91. The molecule has 0 saturated heterocycles. The van der Waals surface area contributed by atoms with E-state index < -0.39 is 0 Å². The van der Waals surface area contributed by atoms with Crippen LogP contribution in [0.15, 0.2) is 22.0 Å². The molecule has 0 bridgehead atoms. The maximum atomic E-state index is 10.4. The smallest absolute Gasteiger partial charge is 0.0930 e. The highest BCUT2D eigenvalue weighted by molar-refractivity contribution is 9.11. The van der Waals surface area contributed by atoms with Gasteiger partial charge in [0.25, 0.3) is 0 Å². The lowest BCUT2D eigenvalue weighted by Gasteiger charge is -2.06. The number of halogens is 1. The van der Waals surface area contributed by atoms with Gasteiger partial charge in [-0.3, -0.25) is 0 Å². The maximum absolute atomic E-state index is 10.4. The van der Waals surface area contributed by atoms with Crippen LogP contribution in [0.4, 0.5) is 0 Å². The quantitative estimate of drug-likeness (QED) is 0.756. The van der Waals surface area contributed by atoms with Crippen LogP contribution >= 0.6 is 38.6 Å². The molecule has 1 aliphatic rings. The fourth-order valence-corrected chi connectivity index (χ4v) is 5.37. The minimum absolute atomic E-state index is 0.345. The van der Waals surface area contributed by atoms with Crippen LogP contribution in [0, 0.1) is 0 Å². The van der Waals surface area contributed by atoms with Crippen LogP contribution in [0.25, 0.3) is 0 Å². The fourth-order valence-electron chi connectivity index (χ4n) is 2.61. The Morgan fingerprint density at radius 3 is 2.79 bits per heavy atom. The number of hydrogen-bond acceptors (Lipinski definition) is 3. The molecule has 0 spiro atoms. The van der Waals surface area contributed by atoms with E-state index >= 15 is 0 Å². The molecule has 0 radical (unpaired) electrons. The van der Waals surface area contributed by atoms with Gasteiger partial charge in [-0.05, 0) is 65.4 Å². The lowest BCUT2D eigenvalue weighted by molar-refractivity contribution is 0.183. The van der Waals surface area contributed by atoms with Crippen LogP contribution in [0.3, 0.4) is 0 Å². The number of aliphatic hydroxyl groups excluding tert-OH is 1. The Morgan fingerprint density at radius 1 is 1.16 bits per heavy atom. The monoisotopic (exact) mass is 356 g/mol. The molecule has 0 fully saturated rings. The highest BCUT2D eigenvalue weighted by Crippen LogP contribution is 2.34. The van der Waals surface area contributed by atoms with Crippen LogP contribution in [-0.4, -0.2) is 5.11 Å². The Balaban J connectivity index is 1.74. The topological polar surface area (TPSA) is 20.2 Å². The van der Waals surface area contributed by atoms with Gasteiger partial charge in [0, 0.05) is 21.1 Å². The number of thiophene rings is 2. The third-order valence-corrected chi connectivity index (χ3v) is 6.60. The van der Waals surface area contributed by atoms with Crippen LogP contribution in [-0.2, 0) is 19.3 Å². The second-order valence-corrected chi connectivity index (χ2v) is 8.80. The van der Waals surface area contributed by atoms with Gasteiger partial charge in [0.15, 0.2) is 0 Å². The second-order valence-electron chi connectivity index (χ2n) is 5.08. The normalized spacial score (nSPS) is 16.9. The summed E-state index contributed by atoms with van der Waals surface area (Å²) < 4.78 is 1.14. The molecule has 0 amide bonds. The van der Waals surface area contributed by atoms with E-state index in [2.05, 4.69) is 34.1 Å². The first kappa shape index (κ1) is 13.8. The number of aliphatic hydroxyl groups is 1. The third-order valence-electron chi connectivity index (χ3n) is 3.62. The fraction of sp³-hybridized carbons (Fsp3) is 0.467. The molecule has 0 aromatic carbocycles. The van der Waals surface area contributed by atoms with Gasteiger partial charge in [0.1, 0.15) is 0 Å².